The summed E-state index contributed by atoms with van der Waals surface area (Å²) in [5.41, 5.74) is 4.90. The molecular formula is C18H18ClF3N6O2. The van der Waals surface area contributed by atoms with Crippen LogP contribution in [0, 0.1) is 0 Å². The average Bonchev–Trinajstić information content (AvgIpc) is 3.16. The summed E-state index contributed by atoms with van der Waals surface area (Å²) < 4.78 is 38.3. The van der Waals surface area contributed by atoms with Crippen molar-refractivity contribution in [2.45, 2.75) is 18.6 Å². The summed E-state index contributed by atoms with van der Waals surface area (Å²) in [4.78, 5) is 33.7. The van der Waals surface area contributed by atoms with Crippen molar-refractivity contribution in [2.24, 2.45) is 0 Å². The molecule has 2 heterocycles. The second kappa shape index (κ2) is 8.74. The van der Waals surface area contributed by atoms with Crippen molar-refractivity contribution in [3.8, 4) is 0 Å². The van der Waals surface area contributed by atoms with E-state index in [1.165, 1.54) is 17.0 Å². The van der Waals surface area contributed by atoms with Crippen LogP contribution < -0.4 is 16.4 Å². The van der Waals surface area contributed by atoms with Gasteiger partial charge in [0.1, 0.15) is 17.2 Å². The highest BCUT2D eigenvalue weighted by Gasteiger charge is 2.31. The Balaban J connectivity index is 1.52. The third-order valence-corrected chi connectivity index (χ3v) is 4.91. The van der Waals surface area contributed by atoms with Crippen LogP contribution in [-0.2, 0) is 11.0 Å². The van der Waals surface area contributed by atoms with Gasteiger partial charge in [-0.15, -0.1) is 0 Å². The minimum Gasteiger partial charge on any atom is -0.382 e. The van der Waals surface area contributed by atoms with E-state index < -0.39 is 17.6 Å². The summed E-state index contributed by atoms with van der Waals surface area (Å²) in [5.74, 6) is -0.843. The quantitative estimate of drug-likeness (QED) is 0.654. The van der Waals surface area contributed by atoms with E-state index in [1.807, 2.05) is 0 Å². The highest BCUT2D eigenvalue weighted by molar-refractivity contribution is 6.35. The molecule has 12 heteroatoms. The van der Waals surface area contributed by atoms with Gasteiger partial charge in [0, 0.05) is 24.8 Å². The van der Waals surface area contributed by atoms with Gasteiger partial charge in [-0.05, 0) is 24.6 Å². The van der Waals surface area contributed by atoms with E-state index in [9.17, 15) is 22.8 Å². The lowest BCUT2D eigenvalue weighted by molar-refractivity contribution is -0.137. The Morgan fingerprint density at radius 1 is 1.30 bits per heavy atom. The van der Waals surface area contributed by atoms with Gasteiger partial charge in [0.25, 0.3) is 5.91 Å². The summed E-state index contributed by atoms with van der Waals surface area (Å²) in [6.07, 6.45) is -2.82. The van der Waals surface area contributed by atoms with E-state index in [0.29, 0.717) is 13.0 Å². The molecule has 1 saturated heterocycles. The molecule has 0 aliphatic carbocycles. The molecule has 3 rings (SSSR count). The second-order valence-corrected chi connectivity index (χ2v) is 7.03. The number of carbonyl (C=O) groups excluding carboxylic acids is 2. The molecule has 1 fully saturated rings. The fourth-order valence-corrected chi connectivity index (χ4v) is 3.18. The van der Waals surface area contributed by atoms with Crippen LogP contribution in [0.15, 0.2) is 30.6 Å². The molecule has 160 valence electrons. The van der Waals surface area contributed by atoms with Crippen LogP contribution in [0.1, 0.15) is 22.5 Å². The highest BCUT2D eigenvalue weighted by atomic mass is 35.5. The zero-order valence-electron chi connectivity index (χ0n) is 15.5. The summed E-state index contributed by atoms with van der Waals surface area (Å²) in [5, 5.41) is 5.39. The Morgan fingerprint density at radius 2 is 2.07 bits per heavy atom. The summed E-state index contributed by atoms with van der Waals surface area (Å²) in [7, 11) is 0. The van der Waals surface area contributed by atoms with Gasteiger partial charge in [-0.3, -0.25) is 9.59 Å². The Kier molecular flexibility index (Phi) is 6.30. The predicted octanol–water partition coefficient (Wildman–Crippen LogP) is 2.17. The number of anilines is 2. The lowest BCUT2D eigenvalue weighted by atomic mass is 10.2. The molecule has 1 aromatic carbocycles. The zero-order valence-corrected chi connectivity index (χ0v) is 16.3. The number of nitrogen functional groups attached to an aromatic ring is 1. The van der Waals surface area contributed by atoms with Crippen molar-refractivity contribution in [2.75, 3.05) is 30.7 Å². The van der Waals surface area contributed by atoms with Gasteiger partial charge < -0.3 is 21.3 Å². The Morgan fingerprint density at radius 3 is 2.80 bits per heavy atom. The molecule has 1 aromatic heterocycles. The normalized spacial score (nSPS) is 16.4. The molecule has 1 atom stereocenters. The summed E-state index contributed by atoms with van der Waals surface area (Å²) >= 11 is 5.94. The van der Waals surface area contributed by atoms with Crippen LogP contribution in [0.3, 0.4) is 0 Å². The van der Waals surface area contributed by atoms with Crippen molar-refractivity contribution in [1.29, 1.82) is 0 Å². The van der Waals surface area contributed by atoms with Crippen molar-refractivity contribution < 1.29 is 22.8 Å². The van der Waals surface area contributed by atoms with Gasteiger partial charge in [-0.1, -0.05) is 17.7 Å². The smallest absolute Gasteiger partial charge is 0.382 e. The van der Waals surface area contributed by atoms with Crippen molar-refractivity contribution in [3.05, 3.63) is 46.9 Å². The number of aromatic nitrogens is 2. The first kappa shape index (κ1) is 21.6. The molecule has 1 unspecified atom stereocenters. The third-order valence-electron chi connectivity index (χ3n) is 4.54. The molecule has 4 N–H and O–H groups in total. The molecular weight excluding hydrogens is 425 g/mol. The Bertz CT molecular complexity index is 956. The van der Waals surface area contributed by atoms with Crippen LogP contribution in [0.25, 0.3) is 0 Å². The van der Waals surface area contributed by atoms with Crippen LogP contribution in [-0.4, -0.2) is 52.4 Å². The van der Waals surface area contributed by atoms with E-state index in [-0.39, 0.29) is 47.3 Å². The summed E-state index contributed by atoms with van der Waals surface area (Å²) in [6.45, 7) is 0.483. The van der Waals surface area contributed by atoms with Crippen molar-refractivity contribution in [1.82, 2.24) is 20.2 Å². The standard InChI is InChI=1S/C18H18ClF3N6O2/c19-14-15(25-9-26-16(14)23)17(30)27-12-4-5-28(8-12)13(29)7-24-11-3-1-2-10(6-11)18(20,21)22/h1-3,6,9,12,24H,4-5,7-8H2,(H,27,30)(H2,23,25,26). The van der Waals surface area contributed by atoms with E-state index >= 15 is 0 Å². The number of hydrogen-bond donors (Lipinski definition) is 3. The number of amides is 2. The SMILES string of the molecule is Nc1ncnc(C(=O)NC2CCN(C(=O)CNc3cccc(C(F)(F)F)c3)C2)c1Cl. The first-order valence-corrected chi connectivity index (χ1v) is 9.28. The number of hydrogen-bond acceptors (Lipinski definition) is 6. The number of nitrogens with zero attached hydrogens (tertiary/aromatic N) is 3. The molecule has 0 bridgehead atoms. The van der Waals surface area contributed by atoms with Crippen LogP contribution in [0.4, 0.5) is 24.7 Å². The Hall–Kier alpha value is -3.08. The van der Waals surface area contributed by atoms with Crippen molar-refractivity contribution >= 4 is 34.9 Å². The molecule has 1 aliphatic heterocycles. The molecule has 1 aliphatic rings. The number of carbonyl (C=O) groups is 2. The van der Waals surface area contributed by atoms with E-state index in [4.69, 9.17) is 17.3 Å². The van der Waals surface area contributed by atoms with Gasteiger partial charge in [0.05, 0.1) is 12.1 Å². The molecule has 2 amide bonds. The number of likely N-dealkylation sites (tertiary alicyclic amines) is 1. The van der Waals surface area contributed by atoms with Crippen LogP contribution >= 0.6 is 11.6 Å². The zero-order chi connectivity index (χ0) is 21.9. The topological polar surface area (TPSA) is 113 Å². The second-order valence-electron chi connectivity index (χ2n) is 6.65. The summed E-state index contributed by atoms with van der Waals surface area (Å²) in [6, 6.07) is 4.30. The first-order valence-electron chi connectivity index (χ1n) is 8.91. The maximum absolute atomic E-state index is 12.8. The van der Waals surface area contributed by atoms with E-state index in [0.717, 1.165) is 18.5 Å². The fourth-order valence-electron chi connectivity index (χ4n) is 3.00. The average molecular weight is 443 g/mol. The predicted molar refractivity (Wildman–Crippen MR) is 104 cm³/mol. The lowest BCUT2D eigenvalue weighted by Gasteiger charge is -2.18. The van der Waals surface area contributed by atoms with Crippen LogP contribution in [0.2, 0.25) is 5.02 Å². The van der Waals surface area contributed by atoms with Crippen molar-refractivity contribution in [3.63, 3.8) is 0 Å². The largest absolute Gasteiger partial charge is 0.416 e. The fraction of sp³-hybridized carbons (Fsp3) is 0.333. The van der Waals surface area contributed by atoms with Crippen LogP contribution in [0.5, 0.6) is 0 Å². The van der Waals surface area contributed by atoms with Gasteiger partial charge in [0.15, 0.2) is 5.69 Å². The molecule has 0 spiro atoms. The number of benzene rings is 1. The van der Waals surface area contributed by atoms with Gasteiger partial charge in [-0.25, -0.2) is 9.97 Å². The van der Waals surface area contributed by atoms with E-state index in [1.54, 1.807) is 0 Å². The molecule has 8 nitrogen and oxygen atoms in total. The third kappa shape index (κ3) is 5.09. The number of rotatable bonds is 5. The molecule has 2 aromatic rings. The number of nitrogens with one attached hydrogen (secondary N) is 2. The number of alkyl halides is 3. The number of halogens is 4. The molecule has 0 radical (unpaired) electrons. The first-order chi connectivity index (χ1) is 14.1. The number of nitrogens with two attached hydrogens (primary N) is 1. The van der Waals surface area contributed by atoms with Gasteiger partial charge in [-0.2, -0.15) is 13.2 Å². The molecule has 0 saturated carbocycles. The highest BCUT2D eigenvalue weighted by Crippen LogP contribution is 2.30. The Labute approximate surface area is 174 Å². The maximum Gasteiger partial charge on any atom is 0.416 e. The molecule has 30 heavy (non-hydrogen) atoms. The van der Waals surface area contributed by atoms with E-state index in [2.05, 4.69) is 20.6 Å². The minimum absolute atomic E-state index is 0.0132. The minimum atomic E-state index is -4.46. The monoisotopic (exact) mass is 442 g/mol. The van der Waals surface area contributed by atoms with Gasteiger partial charge in [0.2, 0.25) is 5.91 Å². The maximum atomic E-state index is 12.8. The lowest BCUT2D eigenvalue weighted by Crippen LogP contribution is -2.40. The van der Waals surface area contributed by atoms with Gasteiger partial charge >= 0.3 is 6.18 Å².